The van der Waals surface area contributed by atoms with E-state index in [1.54, 1.807) is 37.3 Å². The van der Waals surface area contributed by atoms with Crippen molar-refractivity contribution >= 4 is 11.8 Å². The van der Waals surface area contributed by atoms with Gasteiger partial charge in [0.2, 0.25) is 5.91 Å². The van der Waals surface area contributed by atoms with Crippen molar-refractivity contribution in [3.63, 3.8) is 0 Å². The summed E-state index contributed by atoms with van der Waals surface area (Å²) in [5.74, 6) is 1.14. The van der Waals surface area contributed by atoms with Gasteiger partial charge >= 0.3 is 0 Å². The van der Waals surface area contributed by atoms with E-state index < -0.39 is 6.04 Å². The van der Waals surface area contributed by atoms with Gasteiger partial charge in [-0.15, -0.1) is 0 Å². The number of rotatable bonds is 12. The van der Waals surface area contributed by atoms with Gasteiger partial charge in [0.15, 0.2) is 6.61 Å². The van der Waals surface area contributed by atoms with Gasteiger partial charge in [-0.2, -0.15) is 0 Å². The maximum atomic E-state index is 13.3. The van der Waals surface area contributed by atoms with Crippen LogP contribution in [0, 0.1) is 6.92 Å². The fourth-order valence-corrected chi connectivity index (χ4v) is 3.34. The maximum Gasteiger partial charge on any atom is 0.261 e. The third-order valence-electron chi connectivity index (χ3n) is 5.55. The van der Waals surface area contributed by atoms with Crippen molar-refractivity contribution in [3.05, 3.63) is 53.6 Å². The Morgan fingerprint density at radius 3 is 2.03 bits per heavy atom. The quantitative estimate of drug-likeness (QED) is 0.520. The van der Waals surface area contributed by atoms with Crippen molar-refractivity contribution in [3.8, 4) is 17.2 Å². The SMILES string of the molecule is CC[C@@H](C)NC(=O)[C@H](CC)N(Cc1ccc(C)cc1)C(=O)COc1cc(OC)cc(OC)c1. The Hall–Kier alpha value is -3.22. The van der Waals surface area contributed by atoms with E-state index in [2.05, 4.69) is 5.32 Å². The van der Waals surface area contributed by atoms with Gasteiger partial charge in [0.05, 0.1) is 14.2 Å². The minimum atomic E-state index is -0.601. The van der Waals surface area contributed by atoms with Crippen molar-refractivity contribution in [2.45, 2.75) is 59.2 Å². The molecule has 33 heavy (non-hydrogen) atoms. The molecule has 2 amide bonds. The summed E-state index contributed by atoms with van der Waals surface area (Å²) < 4.78 is 16.3. The minimum absolute atomic E-state index is 0.0309. The zero-order chi connectivity index (χ0) is 24.4. The lowest BCUT2D eigenvalue weighted by Gasteiger charge is -2.31. The van der Waals surface area contributed by atoms with Crippen molar-refractivity contribution in [2.75, 3.05) is 20.8 Å². The average Bonchev–Trinajstić information content (AvgIpc) is 2.83. The predicted octanol–water partition coefficient (Wildman–Crippen LogP) is 4.11. The molecule has 180 valence electrons. The molecule has 0 aliphatic heterocycles. The van der Waals surface area contributed by atoms with Crippen LogP contribution in [0.3, 0.4) is 0 Å². The first-order valence-corrected chi connectivity index (χ1v) is 11.3. The summed E-state index contributed by atoms with van der Waals surface area (Å²) in [5.41, 5.74) is 2.08. The maximum absolute atomic E-state index is 13.3. The zero-order valence-electron chi connectivity index (χ0n) is 20.5. The summed E-state index contributed by atoms with van der Waals surface area (Å²) in [7, 11) is 3.10. The number of carbonyl (C=O) groups is 2. The molecule has 0 saturated carbocycles. The van der Waals surface area contributed by atoms with Gasteiger partial charge in [-0.25, -0.2) is 0 Å². The van der Waals surface area contributed by atoms with Crippen LogP contribution >= 0.6 is 0 Å². The van der Waals surface area contributed by atoms with Gasteiger partial charge in [-0.05, 0) is 32.3 Å². The van der Waals surface area contributed by atoms with Crippen LogP contribution in [0.5, 0.6) is 17.2 Å². The van der Waals surface area contributed by atoms with E-state index in [1.165, 1.54) is 0 Å². The lowest BCUT2D eigenvalue weighted by atomic mass is 10.1. The van der Waals surface area contributed by atoms with Crippen molar-refractivity contribution < 1.29 is 23.8 Å². The number of nitrogens with zero attached hydrogens (tertiary/aromatic N) is 1. The van der Waals surface area contributed by atoms with Crippen LogP contribution in [0.2, 0.25) is 0 Å². The molecule has 0 saturated heterocycles. The highest BCUT2D eigenvalue weighted by Crippen LogP contribution is 2.27. The average molecular weight is 457 g/mol. The van der Waals surface area contributed by atoms with Gasteiger partial charge in [0.1, 0.15) is 23.3 Å². The van der Waals surface area contributed by atoms with Gasteiger partial charge < -0.3 is 24.4 Å². The Kier molecular flexibility index (Phi) is 10.0. The van der Waals surface area contributed by atoms with Crippen LogP contribution in [0.4, 0.5) is 0 Å². The topological polar surface area (TPSA) is 77.1 Å². The van der Waals surface area contributed by atoms with Crippen LogP contribution in [-0.2, 0) is 16.1 Å². The number of ether oxygens (including phenoxy) is 3. The first-order valence-electron chi connectivity index (χ1n) is 11.3. The lowest BCUT2D eigenvalue weighted by molar-refractivity contribution is -0.143. The normalized spacial score (nSPS) is 12.4. The molecule has 7 heteroatoms. The summed E-state index contributed by atoms with van der Waals surface area (Å²) in [6.07, 6.45) is 1.31. The number of amides is 2. The number of carbonyl (C=O) groups excluding carboxylic acids is 2. The van der Waals surface area contributed by atoms with Gasteiger partial charge in [0.25, 0.3) is 5.91 Å². The molecule has 0 spiro atoms. The molecule has 0 aliphatic rings. The Morgan fingerprint density at radius 1 is 0.939 bits per heavy atom. The van der Waals surface area contributed by atoms with Crippen LogP contribution in [-0.4, -0.2) is 49.6 Å². The molecular formula is C26H36N2O5. The molecule has 0 aromatic heterocycles. The van der Waals surface area contributed by atoms with Crippen LogP contribution < -0.4 is 19.5 Å². The van der Waals surface area contributed by atoms with E-state index in [0.717, 1.165) is 17.5 Å². The molecule has 2 atom stereocenters. The summed E-state index contributed by atoms with van der Waals surface area (Å²) in [4.78, 5) is 27.9. The molecule has 0 radical (unpaired) electrons. The minimum Gasteiger partial charge on any atom is -0.496 e. The smallest absolute Gasteiger partial charge is 0.261 e. The molecule has 2 rings (SSSR count). The van der Waals surface area contributed by atoms with E-state index in [9.17, 15) is 9.59 Å². The first kappa shape index (κ1) is 26.0. The highest BCUT2D eigenvalue weighted by atomic mass is 16.5. The van der Waals surface area contributed by atoms with Gasteiger partial charge in [-0.1, -0.05) is 43.7 Å². The van der Waals surface area contributed by atoms with E-state index in [4.69, 9.17) is 14.2 Å². The number of benzene rings is 2. The van der Waals surface area contributed by atoms with Crippen LogP contribution in [0.25, 0.3) is 0 Å². The monoisotopic (exact) mass is 456 g/mol. The second kappa shape index (κ2) is 12.7. The van der Waals surface area contributed by atoms with E-state index >= 15 is 0 Å². The Labute approximate surface area is 197 Å². The zero-order valence-corrected chi connectivity index (χ0v) is 20.5. The molecule has 0 fully saturated rings. The molecule has 2 aromatic carbocycles. The van der Waals surface area contributed by atoms with E-state index in [0.29, 0.717) is 30.2 Å². The molecule has 7 nitrogen and oxygen atoms in total. The number of hydrogen-bond acceptors (Lipinski definition) is 5. The largest absolute Gasteiger partial charge is 0.496 e. The summed E-state index contributed by atoms with van der Waals surface area (Å²) in [5, 5.41) is 3.01. The molecule has 1 N–H and O–H groups in total. The Morgan fingerprint density at radius 2 is 1.52 bits per heavy atom. The van der Waals surface area contributed by atoms with E-state index in [1.807, 2.05) is 52.0 Å². The predicted molar refractivity (Wildman–Crippen MR) is 129 cm³/mol. The fourth-order valence-electron chi connectivity index (χ4n) is 3.34. The van der Waals surface area contributed by atoms with Crippen LogP contribution in [0.1, 0.15) is 44.7 Å². The first-order chi connectivity index (χ1) is 15.8. The van der Waals surface area contributed by atoms with E-state index in [-0.39, 0.29) is 24.5 Å². The standard InChI is InChI=1S/C26H36N2O5/c1-7-19(4)27-26(30)24(8-2)28(16-20-11-9-18(3)10-12-20)25(29)17-33-23-14-21(31-5)13-22(15-23)32-6/h9-15,19,24H,7-8,16-17H2,1-6H3,(H,27,30)/t19-,24+/m1/s1. The lowest BCUT2D eigenvalue weighted by Crippen LogP contribution is -2.51. The van der Waals surface area contributed by atoms with Gasteiger partial charge in [-0.3, -0.25) is 9.59 Å². The summed E-state index contributed by atoms with van der Waals surface area (Å²) in [6, 6.07) is 12.5. The molecule has 0 heterocycles. The molecule has 0 unspecified atom stereocenters. The summed E-state index contributed by atoms with van der Waals surface area (Å²) >= 11 is 0. The Balaban J connectivity index is 2.24. The molecule has 0 aliphatic carbocycles. The number of methoxy groups -OCH3 is 2. The second-order valence-corrected chi connectivity index (χ2v) is 8.09. The molecule has 2 aromatic rings. The van der Waals surface area contributed by atoms with Crippen LogP contribution in [0.15, 0.2) is 42.5 Å². The number of nitrogens with one attached hydrogen (secondary N) is 1. The van der Waals surface area contributed by atoms with Crippen molar-refractivity contribution in [1.29, 1.82) is 0 Å². The number of aryl methyl sites for hydroxylation is 1. The highest BCUT2D eigenvalue weighted by Gasteiger charge is 2.29. The second-order valence-electron chi connectivity index (χ2n) is 8.09. The van der Waals surface area contributed by atoms with Crippen molar-refractivity contribution in [2.24, 2.45) is 0 Å². The summed E-state index contributed by atoms with van der Waals surface area (Å²) in [6.45, 7) is 7.99. The third kappa shape index (κ3) is 7.70. The number of hydrogen-bond donors (Lipinski definition) is 1. The van der Waals surface area contributed by atoms with Gasteiger partial charge in [0, 0.05) is 30.8 Å². The fraction of sp³-hybridized carbons (Fsp3) is 0.462. The third-order valence-corrected chi connectivity index (χ3v) is 5.55. The molecular weight excluding hydrogens is 420 g/mol. The highest BCUT2D eigenvalue weighted by molar-refractivity contribution is 5.88. The molecule has 0 bridgehead atoms. The van der Waals surface area contributed by atoms with Crippen molar-refractivity contribution in [1.82, 2.24) is 10.2 Å². The Bertz CT molecular complexity index is 891.